The predicted octanol–water partition coefficient (Wildman–Crippen LogP) is 2.15. The molecule has 2 aromatic rings. The van der Waals surface area contributed by atoms with Crippen molar-refractivity contribution < 1.29 is 5.11 Å². The van der Waals surface area contributed by atoms with Gasteiger partial charge in [-0.05, 0) is 17.7 Å². The van der Waals surface area contributed by atoms with Gasteiger partial charge in [0.1, 0.15) is 0 Å². The highest BCUT2D eigenvalue weighted by Crippen LogP contribution is 2.23. The van der Waals surface area contributed by atoms with Gasteiger partial charge in [-0.1, -0.05) is 30.3 Å². The summed E-state index contributed by atoms with van der Waals surface area (Å²) in [4.78, 5) is 0. The Kier molecular flexibility index (Phi) is 2.88. The number of rotatable bonds is 3. The molecule has 0 aliphatic heterocycles. The topological polar surface area (TPSA) is 25.2 Å². The fourth-order valence-electron chi connectivity index (χ4n) is 1.89. The average molecular weight is 201 g/mol. The molecule has 78 valence electrons. The fourth-order valence-corrected chi connectivity index (χ4v) is 1.89. The lowest BCUT2D eigenvalue weighted by Crippen LogP contribution is -2.09. The lowest BCUT2D eigenvalue weighted by Gasteiger charge is -2.15. The quantitative estimate of drug-likeness (QED) is 0.808. The van der Waals surface area contributed by atoms with E-state index < -0.39 is 0 Å². The Morgan fingerprint density at radius 3 is 2.40 bits per heavy atom. The van der Waals surface area contributed by atoms with Crippen LogP contribution in [0.4, 0.5) is 0 Å². The van der Waals surface area contributed by atoms with Gasteiger partial charge in [-0.25, -0.2) is 0 Å². The van der Waals surface area contributed by atoms with Crippen LogP contribution in [-0.4, -0.2) is 16.3 Å². The first-order valence-electron chi connectivity index (χ1n) is 5.10. The highest BCUT2D eigenvalue weighted by molar-refractivity contribution is 5.29. The summed E-state index contributed by atoms with van der Waals surface area (Å²) in [6.07, 6.45) is 2.00. The number of aromatic nitrogens is 1. The number of nitrogens with zero attached hydrogens (tertiary/aromatic N) is 1. The molecule has 0 aliphatic carbocycles. The zero-order chi connectivity index (χ0) is 10.7. The van der Waals surface area contributed by atoms with Gasteiger partial charge in [0, 0.05) is 24.9 Å². The summed E-state index contributed by atoms with van der Waals surface area (Å²) in [6.45, 7) is 0.141. The Hall–Kier alpha value is -1.54. The largest absolute Gasteiger partial charge is 0.395 e. The maximum Gasteiger partial charge on any atom is 0.0554 e. The Morgan fingerprint density at radius 1 is 1.13 bits per heavy atom. The normalized spacial score (nSPS) is 12.7. The maximum atomic E-state index is 9.46. The van der Waals surface area contributed by atoms with E-state index in [2.05, 4.69) is 0 Å². The van der Waals surface area contributed by atoms with Crippen LogP contribution in [0.15, 0.2) is 48.7 Å². The molecule has 0 saturated heterocycles. The standard InChI is InChI=1S/C13H15NO/c1-14-9-5-8-13(14)12(10-15)11-6-3-2-4-7-11/h2-9,12,15H,10H2,1H3. The minimum Gasteiger partial charge on any atom is -0.395 e. The lowest BCUT2D eigenvalue weighted by molar-refractivity contribution is 0.277. The van der Waals surface area contributed by atoms with Crippen LogP contribution in [0.2, 0.25) is 0 Å². The summed E-state index contributed by atoms with van der Waals surface area (Å²) < 4.78 is 2.05. The van der Waals surface area contributed by atoms with Crippen molar-refractivity contribution in [3.8, 4) is 0 Å². The van der Waals surface area contributed by atoms with Crippen LogP contribution in [-0.2, 0) is 7.05 Å². The molecule has 0 aliphatic rings. The molecule has 0 saturated carbocycles. The first kappa shape index (κ1) is 9.99. The Morgan fingerprint density at radius 2 is 1.87 bits per heavy atom. The molecule has 0 fully saturated rings. The third kappa shape index (κ3) is 1.95. The Labute approximate surface area is 89.8 Å². The zero-order valence-corrected chi connectivity index (χ0v) is 8.80. The Balaban J connectivity index is 2.37. The van der Waals surface area contributed by atoms with Crippen LogP contribution in [0, 0.1) is 0 Å². The van der Waals surface area contributed by atoms with E-state index in [1.54, 1.807) is 0 Å². The van der Waals surface area contributed by atoms with Crippen LogP contribution in [0.3, 0.4) is 0 Å². The van der Waals surface area contributed by atoms with Crippen LogP contribution >= 0.6 is 0 Å². The van der Waals surface area contributed by atoms with Crippen molar-refractivity contribution in [3.63, 3.8) is 0 Å². The van der Waals surface area contributed by atoms with Crippen LogP contribution in [0.1, 0.15) is 17.2 Å². The lowest BCUT2D eigenvalue weighted by atomic mass is 9.97. The number of aryl methyl sites for hydroxylation is 1. The number of aliphatic hydroxyl groups excluding tert-OH is 1. The minimum absolute atomic E-state index is 0.0752. The van der Waals surface area contributed by atoms with E-state index in [-0.39, 0.29) is 12.5 Å². The van der Waals surface area contributed by atoms with Crippen LogP contribution < -0.4 is 0 Å². The average Bonchev–Trinajstić information content (AvgIpc) is 2.68. The fraction of sp³-hybridized carbons (Fsp3) is 0.231. The maximum absolute atomic E-state index is 9.46. The third-order valence-corrected chi connectivity index (χ3v) is 2.73. The molecule has 1 heterocycles. The SMILES string of the molecule is Cn1cccc1C(CO)c1ccccc1. The van der Waals surface area contributed by atoms with E-state index in [4.69, 9.17) is 0 Å². The van der Waals surface area contributed by atoms with Gasteiger partial charge >= 0.3 is 0 Å². The van der Waals surface area contributed by atoms with Gasteiger partial charge < -0.3 is 9.67 Å². The minimum atomic E-state index is 0.0752. The van der Waals surface area contributed by atoms with Crippen LogP contribution in [0.5, 0.6) is 0 Å². The van der Waals surface area contributed by atoms with E-state index >= 15 is 0 Å². The second-order valence-corrected chi connectivity index (χ2v) is 3.69. The first-order valence-corrected chi connectivity index (χ1v) is 5.10. The van der Waals surface area contributed by atoms with Gasteiger partial charge in [0.05, 0.1) is 6.61 Å². The molecular weight excluding hydrogens is 186 g/mol. The van der Waals surface area contributed by atoms with Crippen LogP contribution in [0.25, 0.3) is 0 Å². The summed E-state index contributed by atoms with van der Waals surface area (Å²) >= 11 is 0. The molecule has 15 heavy (non-hydrogen) atoms. The van der Waals surface area contributed by atoms with Gasteiger partial charge in [-0.3, -0.25) is 0 Å². The summed E-state index contributed by atoms with van der Waals surface area (Å²) in [6, 6.07) is 14.1. The summed E-state index contributed by atoms with van der Waals surface area (Å²) in [7, 11) is 2.00. The van der Waals surface area contributed by atoms with E-state index in [1.165, 1.54) is 0 Å². The first-order chi connectivity index (χ1) is 7.33. The summed E-state index contributed by atoms with van der Waals surface area (Å²) in [5.41, 5.74) is 2.30. The van der Waals surface area contributed by atoms with Gasteiger partial charge in [0.25, 0.3) is 0 Å². The van der Waals surface area contributed by atoms with E-state index in [9.17, 15) is 5.11 Å². The molecule has 2 heteroatoms. The number of aliphatic hydroxyl groups is 1. The van der Waals surface area contributed by atoms with Crippen molar-refractivity contribution in [3.05, 3.63) is 59.9 Å². The molecule has 1 aromatic heterocycles. The van der Waals surface area contributed by atoms with Crippen molar-refractivity contribution in [2.75, 3.05) is 6.61 Å². The van der Waals surface area contributed by atoms with Gasteiger partial charge in [0.2, 0.25) is 0 Å². The number of hydrogen-bond donors (Lipinski definition) is 1. The van der Waals surface area contributed by atoms with Gasteiger partial charge in [-0.2, -0.15) is 0 Å². The van der Waals surface area contributed by atoms with Crippen molar-refractivity contribution in [2.24, 2.45) is 7.05 Å². The summed E-state index contributed by atoms with van der Waals surface area (Å²) in [5, 5.41) is 9.46. The third-order valence-electron chi connectivity index (χ3n) is 2.73. The van der Waals surface area contributed by atoms with Gasteiger partial charge in [0.15, 0.2) is 0 Å². The zero-order valence-electron chi connectivity index (χ0n) is 8.80. The second kappa shape index (κ2) is 4.32. The number of hydrogen-bond acceptors (Lipinski definition) is 1. The van der Waals surface area contributed by atoms with Gasteiger partial charge in [-0.15, -0.1) is 0 Å². The molecule has 0 radical (unpaired) electrons. The molecule has 1 unspecified atom stereocenters. The molecule has 2 rings (SSSR count). The van der Waals surface area contributed by atoms with E-state index in [0.717, 1.165) is 11.3 Å². The molecule has 0 amide bonds. The molecule has 0 bridgehead atoms. The smallest absolute Gasteiger partial charge is 0.0554 e. The highest BCUT2D eigenvalue weighted by Gasteiger charge is 2.14. The molecule has 0 spiro atoms. The van der Waals surface area contributed by atoms with E-state index in [0.29, 0.717) is 0 Å². The predicted molar refractivity (Wildman–Crippen MR) is 60.8 cm³/mol. The molecular formula is C13H15NO. The number of benzene rings is 1. The molecule has 1 aromatic carbocycles. The molecule has 2 nitrogen and oxygen atoms in total. The van der Waals surface area contributed by atoms with E-state index in [1.807, 2.05) is 60.3 Å². The molecule has 1 atom stereocenters. The Bertz CT molecular complexity index is 419. The molecule has 1 N–H and O–H groups in total. The highest BCUT2D eigenvalue weighted by atomic mass is 16.3. The van der Waals surface area contributed by atoms with Crippen molar-refractivity contribution in [1.29, 1.82) is 0 Å². The monoisotopic (exact) mass is 201 g/mol. The van der Waals surface area contributed by atoms with Crippen molar-refractivity contribution >= 4 is 0 Å². The summed E-state index contributed by atoms with van der Waals surface area (Å²) in [5.74, 6) is 0.0752. The van der Waals surface area contributed by atoms with Crippen molar-refractivity contribution in [1.82, 2.24) is 4.57 Å². The second-order valence-electron chi connectivity index (χ2n) is 3.69. The van der Waals surface area contributed by atoms with Crippen molar-refractivity contribution in [2.45, 2.75) is 5.92 Å².